The van der Waals surface area contributed by atoms with Gasteiger partial charge >= 0.3 is 0 Å². The lowest BCUT2D eigenvalue weighted by atomic mass is 10.1. The first-order valence-electron chi connectivity index (χ1n) is 5.14. The zero-order valence-corrected chi connectivity index (χ0v) is 9.03. The van der Waals surface area contributed by atoms with E-state index >= 15 is 0 Å². The second-order valence-electron chi connectivity index (χ2n) is 3.91. The first-order valence-corrected chi connectivity index (χ1v) is 5.14. The van der Waals surface area contributed by atoms with Crippen molar-refractivity contribution in [2.24, 2.45) is 0 Å². The molecule has 0 spiro atoms. The van der Waals surface area contributed by atoms with Crippen molar-refractivity contribution >= 4 is 22.1 Å². The molecule has 1 aromatic carbocycles. The molecule has 4 heteroatoms. The summed E-state index contributed by atoms with van der Waals surface area (Å²) in [5.74, 6) is -0.537. The fourth-order valence-electron chi connectivity index (χ4n) is 1.89. The molecule has 0 amide bonds. The molecule has 3 nitrogen and oxygen atoms in total. The first kappa shape index (κ1) is 9.96. The van der Waals surface area contributed by atoms with Gasteiger partial charge in [-0.2, -0.15) is 0 Å². The fraction of sp³-hybridized carbons (Fsp3) is 0.0769. The maximum absolute atomic E-state index is 13.7. The van der Waals surface area contributed by atoms with Crippen LogP contribution in [0.5, 0.6) is 0 Å². The first-order chi connectivity index (χ1) is 8.16. The van der Waals surface area contributed by atoms with Crippen LogP contribution in [0.1, 0.15) is 5.56 Å². The van der Waals surface area contributed by atoms with Crippen LogP contribution in [0.15, 0.2) is 39.7 Å². The Kier molecular flexibility index (Phi) is 1.98. The summed E-state index contributed by atoms with van der Waals surface area (Å²) in [6.07, 6.45) is 1.50. The van der Waals surface area contributed by atoms with E-state index in [4.69, 9.17) is 4.42 Å². The molecule has 84 valence electrons. The number of benzene rings is 1. The highest BCUT2D eigenvalue weighted by molar-refractivity contribution is 5.88. The number of halogens is 1. The minimum atomic E-state index is -0.537. The van der Waals surface area contributed by atoms with Crippen molar-refractivity contribution in [3.8, 4) is 0 Å². The summed E-state index contributed by atoms with van der Waals surface area (Å²) >= 11 is 0. The van der Waals surface area contributed by atoms with Crippen molar-refractivity contribution in [2.45, 2.75) is 6.92 Å². The zero-order chi connectivity index (χ0) is 12.0. The SMILES string of the molecule is Cc1cc(F)c2oc3ncccc3c(=O)c2c1. The molecule has 0 N–H and O–H groups in total. The number of rotatable bonds is 0. The Labute approximate surface area is 95.5 Å². The van der Waals surface area contributed by atoms with Crippen molar-refractivity contribution in [1.29, 1.82) is 0 Å². The van der Waals surface area contributed by atoms with Gasteiger partial charge in [0.15, 0.2) is 11.4 Å². The maximum Gasteiger partial charge on any atom is 0.230 e. The molecule has 3 aromatic rings. The Balaban J connectivity index is 2.64. The van der Waals surface area contributed by atoms with Crippen LogP contribution in [0.4, 0.5) is 4.39 Å². The van der Waals surface area contributed by atoms with E-state index in [0.29, 0.717) is 10.9 Å². The lowest BCUT2D eigenvalue weighted by Gasteiger charge is -2.02. The number of nitrogens with zero attached hydrogens (tertiary/aromatic N) is 1. The van der Waals surface area contributed by atoms with Crippen LogP contribution in [0, 0.1) is 12.7 Å². The van der Waals surface area contributed by atoms with Crippen LogP contribution in [-0.4, -0.2) is 4.98 Å². The number of fused-ring (bicyclic) bond motifs is 2. The topological polar surface area (TPSA) is 43.1 Å². The number of hydrogen-bond acceptors (Lipinski definition) is 3. The molecule has 0 aliphatic carbocycles. The lowest BCUT2D eigenvalue weighted by Crippen LogP contribution is -2.04. The Bertz CT molecular complexity index is 792. The van der Waals surface area contributed by atoms with Crippen LogP contribution >= 0.6 is 0 Å². The number of hydrogen-bond donors (Lipinski definition) is 0. The molecule has 0 aliphatic heterocycles. The van der Waals surface area contributed by atoms with E-state index in [2.05, 4.69) is 4.98 Å². The molecule has 3 rings (SSSR count). The Morgan fingerprint density at radius 3 is 2.94 bits per heavy atom. The molecule has 17 heavy (non-hydrogen) atoms. The number of aromatic nitrogens is 1. The largest absolute Gasteiger partial charge is 0.434 e. The van der Waals surface area contributed by atoms with Gasteiger partial charge in [0.1, 0.15) is 0 Å². The highest BCUT2D eigenvalue weighted by Crippen LogP contribution is 2.20. The molecule has 2 aromatic heterocycles. The third-order valence-corrected chi connectivity index (χ3v) is 2.65. The van der Waals surface area contributed by atoms with E-state index < -0.39 is 5.82 Å². The zero-order valence-electron chi connectivity index (χ0n) is 9.03. The Morgan fingerprint density at radius 1 is 1.29 bits per heavy atom. The molecule has 0 saturated carbocycles. The lowest BCUT2D eigenvalue weighted by molar-refractivity contribution is 0.573. The van der Waals surface area contributed by atoms with Crippen LogP contribution in [0.25, 0.3) is 22.1 Å². The van der Waals surface area contributed by atoms with Gasteiger partial charge in [-0.3, -0.25) is 4.79 Å². The van der Waals surface area contributed by atoms with E-state index in [-0.39, 0.29) is 22.1 Å². The summed E-state index contributed by atoms with van der Waals surface area (Å²) in [4.78, 5) is 16.0. The van der Waals surface area contributed by atoms with Gasteiger partial charge in [-0.05, 0) is 36.8 Å². The standard InChI is InChI=1S/C13H8FNO2/c1-7-5-9-11(16)8-3-2-4-15-13(8)17-12(9)10(14)6-7/h2-6H,1H3. The second-order valence-corrected chi connectivity index (χ2v) is 3.91. The van der Waals surface area contributed by atoms with E-state index in [0.717, 1.165) is 0 Å². The van der Waals surface area contributed by atoms with E-state index in [1.54, 1.807) is 25.1 Å². The van der Waals surface area contributed by atoms with Crippen LogP contribution in [-0.2, 0) is 0 Å². The summed E-state index contributed by atoms with van der Waals surface area (Å²) < 4.78 is 19.0. The van der Waals surface area contributed by atoms with Crippen molar-refractivity contribution < 1.29 is 8.81 Å². The second kappa shape index (κ2) is 3.38. The smallest absolute Gasteiger partial charge is 0.230 e. The van der Waals surface area contributed by atoms with Gasteiger partial charge in [-0.1, -0.05) is 0 Å². The molecule has 0 radical (unpaired) electrons. The van der Waals surface area contributed by atoms with E-state index in [1.165, 1.54) is 12.3 Å². The monoisotopic (exact) mass is 229 g/mol. The van der Waals surface area contributed by atoms with Crippen LogP contribution in [0.3, 0.4) is 0 Å². The molecule has 2 heterocycles. The Morgan fingerprint density at radius 2 is 2.12 bits per heavy atom. The molecule has 0 fully saturated rings. The van der Waals surface area contributed by atoms with E-state index in [1.807, 2.05) is 0 Å². The van der Waals surface area contributed by atoms with Crippen molar-refractivity contribution in [3.05, 3.63) is 52.1 Å². The van der Waals surface area contributed by atoms with Crippen molar-refractivity contribution in [1.82, 2.24) is 4.98 Å². The Hall–Kier alpha value is -2.23. The summed E-state index contributed by atoms with van der Waals surface area (Å²) in [7, 11) is 0. The molecule has 0 unspecified atom stereocenters. The summed E-state index contributed by atoms with van der Waals surface area (Å²) in [5.41, 5.74) is 0.557. The van der Waals surface area contributed by atoms with Crippen LogP contribution < -0.4 is 5.43 Å². The summed E-state index contributed by atoms with van der Waals surface area (Å²) in [6.45, 7) is 1.73. The average Bonchev–Trinajstić information content (AvgIpc) is 2.31. The predicted octanol–water partition coefficient (Wildman–Crippen LogP) is 2.79. The molecular weight excluding hydrogens is 221 g/mol. The van der Waals surface area contributed by atoms with Gasteiger partial charge in [0.05, 0.1) is 10.8 Å². The maximum atomic E-state index is 13.7. The average molecular weight is 229 g/mol. The molecule has 0 aliphatic rings. The molecule has 0 atom stereocenters. The number of pyridine rings is 1. The van der Waals surface area contributed by atoms with Crippen molar-refractivity contribution in [2.75, 3.05) is 0 Å². The highest BCUT2D eigenvalue weighted by atomic mass is 19.1. The van der Waals surface area contributed by atoms with Gasteiger partial charge < -0.3 is 4.42 Å². The van der Waals surface area contributed by atoms with Gasteiger partial charge in [-0.25, -0.2) is 9.37 Å². The van der Waals surface area contributed by atoms with Gasteiger partial charge in [0.25, 0.3) is 0 Å². The molecule has 0 saturated heterocycles. The van der Waals surface area contributed by atoms with Crippen LogP contribution in [0.2, 0.25) is 0 Å². The van der Waals surface area contributed by atoms with E-state index in [9.17, 15) is 9.18 Å². The summed E-state index contributed by atoms with van der Waals surface area (Å²) in [6, 6.07) is 6.22. The predicted molar refractivity (Wildman–Crippen MR) is 62.5 cm³/mol. The molecular formula is C13H8FNO2. The summed E-state index contributed by atoms with van der Waals surface area (Å²) in [5, 5.41) is 0.619. The third-order valence-electron chi connectivity index (χ3n) is 2.65. The van der Waals surface area contributed by atoms with Gasteiger partial charge in [0.2, 0.25) is 11.1 Å². The van der Waals surface area contributed by atoms with Crippen molar-refractivity contribution in [3.63, 3.8) is 0 Å². The minimum Gasteiger partial charge on any atom is -0.434 e. The number of aryl methyl sites for hydroxylation is 1. The highest BCUT2D eigenvalue weighted by Gasteiger charge is 2.12. The third kappa shape index (κ3) is 1.41. The normalized spacial score (nSPS) is 11.2. The minimum absolute atomic E-state index is 0.0354. The molecule has 0 bridgehead atoms. The quantitative estimate of drug-likeness (QED) is 0.557. The van der Waals surface area contributed by atoms with Gasteiger partial charge in [-0.15, -0.1) is 0 Å². The van der Waals surface area contributed by atoms with Gasteiger partial charge in [0, 0.05) is 6.20 Å². The fourth-order valence-corrected chi connectivity index (χ4v) is 1.89.